The Morgan fingerprint density at radius 1 is 1.03 bits per heavy atom. The molecule has 6 rings (SSSR count). The molecular formula is C29H26F2N2O3. The molecule has 2 aliphatic rings. The number of aromatic carboxylic acids is 1. The van der Waals surface area contributed by atoms with Crippen molar-refractivity contribution in [2.24, 2.45) is 4.99 Å². The Hall–Kier alpha value is -3.84. The minimum absolute atomic E-state index is 0. The van der Waals surface area contributed by atoms with Crippen molar-refractivity contribution in [3.05, 3.63) is 88.6 Å². The predicted molar refractivity (Wildman–Crippen MR) is 136 cm³/mol. The highest BCUT2D eigenvalue weighted by Gasteiger charge is 2.31. The molecule has 2 aliphatic heterocycles. The van der Waals surface area contributed by atoms with Crippen LogP contribution in [0, 0.1) is 11.6 Å². The summed E-state index contributed by atoms with van der Waals surface area (Å²) in [7, 11) is 0. The Morgan fingerprint density at radius 2 is 1.72 bits per heavy atom. The summed E-state index contributed by atoms with van der Waals surface area (Å²) in [6.45, 7) is 1.47. The van der Waals surface area contributed by atoms with Crippen molar-refractivity contribution in [2.45, 2.75) is 32.7 Å². The number of fused-ring (bicyclic) bond motifs is 2. The van der Waals surface area contributed by atoms with Crippen molar-refractivity contribution in [3.63, 3.8) is 0 Å². The van der Waals surface area contributed by atoms with E-state index in [0.29, 0.717) is 29.7 Å². The summed E-state index contributed by atoms with van der Waals surface area (Å²) in [6, 6.07) is 14.7. The number of carboxylic acids is 1. The van der Waals surface area contributed by atoms with Gasteiger partial charge in [0.1, 0.15) is 11.6 Å². The fraction of sp³-hybridized carbons (Fsp3) is 0.241. The molecule has 0 radical (unpaired) electrons. The fourth-order valence-electron chi connectivity index (χ4n) is 5.29. The Balaban J connectivity index is 0.00000267. The summed E-state index contributed by atoms with van der Waals surface area (Å²) in [5, 5.41) is 9.85. The van der Waals surface area contributed by atoms with E-state index in [0.717, 1.165) is 40.9 Å². The van der Waals surface area contributed by atoms with E-state index in [2.05, 4.69) is 4.99 Å². The Kier molecular flexibility index (Phi) is 6.18. The van der Waals surface area contributed by atoms with Crippen molar-refractivity contribution in [3.8, 4) is 16.8 Å². The van der Waals surface area contributed by atoms with Crippen molar-refractivity contribution < 1.29 is 23.4 Å². The van der Waals surface area contributed by atoms with Gasteiger partial charge in [-0.05, 0) is 60.9 Å². The quantitative estimate of drug-likeness (QED) is 0.346. The SMILES string of the molecule is C.O=C(O)c1ccc(-c2c(C3CCOCC3)n(-c3ccc(F)cc3)c3cc4c(c(F)c23)CN=C4)cc1. The molecule has 0 spiro atoms. The van der Waals surface area contributed by atoms with Gasteiger partial charge in [-0.3, -0.25) is 4.99 Å². The standard InChI is InChI=1S/C28H22F2N2O3.CH4/c29-20-5-7-21(8-6-20)32-23-13-19-14-31-15-22(19)26(30)25(23)24(27(32)17-9-11-35-12-10-17)16-1-3-18(4-2-16)28(33)34;/h1-8,13-14,17H,9-12,15H2,(H,33,34);1H4. The maximum Gasteiger partial charge on any atom is 0.335 e. The van der Waals surface area contributed by atoms with Gasteiger partial charge >= 0.3 is 5.97 Å². The first-order valence-electron chi connectivity index (χ1n) is 11.6. The molecule has 4 aromatic rings. The summed E-state index contributed by atoms with van der Waals surface area (Å²) in [5.74, 6) is -1.60. The molecule has 0 bridgehead atoms. The zero-order valence-electron chi connectivity index (χ0n) is 18.8. The molecule has 0 atom stereocenters. The number of hydrogen-bond acceptors (Lipinski definition) is 3. The molecule has 1 N–H and O–H groups in total. The highest BCUT2D eigenvalue weighted by atomic mass is 19.1. The van der Waals surface area contributed by atoms with E-state index >= 15 is 4.39 Å². The second kappa shape index (κ2) is 9.32. The molecule has 0 unspecified atom stereocenters. The molecule has 7 heteroatoms. The van der Waals surface area contributed by atoms with Crippen molar-refractivity contribution in [1.82, 2.24) is 4.57 Å². The number of benzene rings is 3. The van der Waals surface area contributed by atoms with E-state index in [9.17, 15) is 14.3 Å². The Bertz CT molecular complexity index is 1480. The highest BCUT2D eigenvalue weighted by molar-refractivity contribution is 6.04. The Morgan fingerprint density at radius 3 is 2.39 bits per heavy atom. The van der Waals surface area contributed by atoms with Gasteiger partial charge in [-0.1, -0.05) is 19.6 Å². The minimum atomic E-state index is -1.02. The lowest BCUT2D eigenvalue weighted by molar-refractivity contribution is 0.0697. The molecule has 184 valence electrons. The number of aliphatic imine (C=N–C) groups is 1. The van der Waals surface area contributed by atoms with Crippen LogP contribution in [-0.4, -0.2) is 35.1 Å². The molecule has 0 aliphatic carbocycles. The molecule has 5 nitrogen and oxygen atoms in total. The van der Waals surface area contributed by atoms with Gasteiger partial charge < -0.3 is 14.4 Å². The van der Waals surface area contributed by atoms with Crippen molar-refractivity contribution >= 4 is 23.1 Å². The summed E-state index contributed by atoms with van der Waals surface area (Å²) in [4.78, 5) is 15.7. The number of carboxylic acid groups (broad SMARTS) is 1. The number of nitrogens with zero attached hydrogens (tertiary/aromatic N) is 2. The third kappa shape index (κ3) is 3.80. The van der Waals surface area contributed by atoms with E-state index in [1.54, 1.807) is 42.6 Å². The zero-order valence-corrected chi connectivity index (χ0v) is 18.8. The number of carbonyl (C=O) groups is 1. The number of aromatic nitrogens is 1. The molecule has 3 aromatic carbocycles. The Labute approximate surface area is 207 Å². The number of rotatable bonds is 4. The van der Waals surface area contributed by atoms with E-state index in [-0.39, 0.29) is 37.1 Å². The van der Waals surface area contributed by atoms with Gasteiger partial charge in [-0.15, -0.1) is 0 Å². The van der Waals surface area contributed by atoms with Crippen LogP contribution in [0.1, 0.15) is 53.4 Å². The fourth-order valence-corrected chi connectivity index (χ4v) is 5.29. The molecule has 1 fully saturated rings. The molecule has 1 saturated heterocycles. The third-order valence-electron chi connectivity index (χ3n) is 6.96. The van der Waals surface area contributed by atoms with E-state index in [4.69, 9.17) is 4.74 Å². The predicted octanol–water partition coefficient (Wildman–Crippen LogP) is 6.74. The first kappa shape index (κ1) is 23.9. The molecule has 1 aromatic heterocycles. The van der Waals surface area contributed by atoms with E-state index < -0.39 is 5.97 Å². The van der Waals surface area contributed by atoms with E-state index in [1.165, 1.54) is 12.1 Å². The maximum absolute atomic E-state index is 16.2. The monoisotopic (exact) mass is 488 g/mol. The first-order valence-corrected chi connectivity index (χ1v) is 11.6. The molecule has 0 amide bonds. The molecule has 0 saturated carbocycles. The van der Waals surface area contributed by atoms with Gasteiger partial charge in [0.15, 0.2) is 0 Å². The normalized spacial score (nSPS) is 15.2. The second-order valence-corrected chi connectivity index (χ2v) is 8.96. The van der Waals surface area contributed by atoms with Gasteiger partial charge in [0.25, 0.3) is 0 Å². The number of hydrogen-bond donors (Lipinski definition) is 1. The highest BCUT2D eigenvalue weighted by Crippen LogP contribution is 2.46. The number of halogens is 2. The van der Waals surface area contributed by atoms with Crippen LogP contribution in [0.25, 0.3) is 27.7 Å². The minimum Gasteiger partial charge on any atom is -0.478 e. The summed E-state index contributed by atoms with van der Waals surface area (Å²) in [5.41, 5.74) is 5.27. The lowest BCUT2D eigenvalue weighted by atomic mass is 9.89. The smallest absolute Gasteiger partial charge is 0.335 e. The number of ether oxygens (including phenoxy) is 1. The zero-order chi connectivity index (χ0) is 24.1. The average molecular weight is 489 g/mol. The van der Waals surface area contributed by atoms with Crippen LogP contribution in [0.3, 0.4) is 0 Å². The van der Waals surface area contributed by atoms with Gasteiger partial charge in [-0.25, -0.2) is 13.6 Å². The van der Waals surface area contributed by atoms with Crippen LogP contribution >= 0.6 is 0 Å². The van der Waals surface area contributed by atoms with Crippen LogP contribution in [0.5, 0.6) is 0 Å². The van der Waals surface area contributed by atoms with Crippen LogP contribution in [-0.2, 0) is 11.3 Å². The van der Waals surface area contributed by atoms with Crippen LogP contribution in [0.15, 0.2) is 59.6 Å². The summed E-state index contributed by atoms with van der Waals surface area (Å²) in [6.07, 6.45) is 3.22. The second-order valence-electron chi connectivity index (χ2n) is 8.96. The van der Waals surface area contributed by atoms with Gasteiger partial charge in [0.05, 0.1) is 17.6 Å². The van der Waals surface area contributed by atoms with Gasteiger partial charge in [0.2, 0.25) is 0 Å². The van der Waals surface area contributed by atoms with Gasteiger partial charge in [0, 0.05) is 58.8 Å². The average Bonchev–Trinajstić information content (AvgIpc) is 3.49. The van der Waals surface area contributed by atoms with Crippen LogP contribution < -0.4 is 0 Å². The van der Waals surface area contributed by atoms with Crippen LogP contribution in [0.4, 0.5) is 8.78 Å². The molecule has 3 heterocycles. The lowest BCUT2D eigenvalue weighted by Crippen LogP contribution is -2.17. The van der Waals surface area contributed by atoms with Crippen molar-refractivity contribution in [1.29, 1.82) is 0 Å². The largest absolute Gasteiger partial charge is 0.478 e. The van der Waals surface area contributed by atoms with E-state index in [1.807, 2.05) is 10.6 Å². The molecule has 36 heavy (non-hydrogen) atoms. The summed E-state index contributed by atoms with van der Waals surface area (Å²) < 4.78 is 37.7. The van der Waals surface area contributed by atoms with Crippen molar-refractivity contribution in [2.75, 3.05) is 13.2 Å². The topological polar surface area (TPSA) is 63.8 Å². The summed E-state index contributed by atoms with van der Waals surface area (Å²) >= 11 is 0. The van der Waals surface area contributed by atoms with Gasteiger partial charge in [-0.2, -0.15) is 0 Å². The lowest BCUT2D eigenvalue weighted by Gasteiger charge is -2.26. The first-order chi connectivity index (χ1) is 17.0. The van der Waals surface area contributed by atoms with Crippen LogP contribution in [0.2, 0.25) is 0 Å². The third-order valence-corrected chi connectivity index (χ3v) is 6.96. The maximum atomic E-state index is 16.2. The molecular weight excluding hydrogens is 462 g/mol.